The first-order chi connectivity index (χ1) is 10.2. The summed E-state index contributed by atoms with van der Waals surface area (Å²) in [4.78, 5) is 9.01. The molecule has 2 rings (SSSR count). The second-order valence-corrected chi connectivity index (χ2v) is 7.44. The number of hydrogen-bond donors (Lipinski definition) is 2. The van der Waals surface area contributed by atoms with E-state index in [9.17, 15) is 0 Å². The Morgan fingerprint density at radius 3 is 2.36 bits per heavy atom. The molecule has 0 aliphatic carbocycles. The Morgan fingerprint density at radius 2 is 1.82 bits per heavy atom. The zero-order valence-corrected chi connectivity index (χ0v) is 14.8. The molecule has 0 bridgehead atoms. The Morgan fingerprint density at radius 1 is 1.18 bits per heavy atom. The third-order valence-electron chi connectivity index (χ3n) is 3.90. The Labute approximate surface area is 134 Å². The van der Waals surface area contributed by atoms with Crippen molar-refractivity contribution in [3.05, 3.63) is 11.9 Å². The van der Waals surface area contributed by atoms with Crippen molar-refractivity contribution in [3.63, 3.8) is 0 Å². The van der Waals surface area contributed by atoms with Gasteiger partial charge in [0.15, 0.2) is 0 Å². The summed E-state index contributed by atoms with van der Waals surface area (Å²) in [6.45, 7) is 13.7. The van der Waals surface area contributed by atoms with Crippen LogP contribution in [0.4, 0.5) is 5.82 Å². The highest BCUT2D eigenvalue weighted by Gasteiger charge is 2.37. The van der Waals surface area contributed by atoms with Crippen LogP contribution in [-0.4, -0.2) is 33.7 Å². The molecule has 2 heterocycles. The van der Waals surface area contributed by atoms with E-state index in [1.165, 1.54) is 0 Å². The molecule has 1 aliphatic rings. The molecular formula is C17H30N4O. The van der Waals surface area contributed by atoms with Gasteiger partial charge in [0.2, 0.25) is 5.88 Å². The smallest absolute Gasteiger partial charge is 0.218 e. The van der Waals surface area contributed by atoms with Gasteiger partial charge in [-0.05, 0) is 47.5 Å². The molecule has 1 saturated heterocycles. The molecule has 124 valence electrons. The summed E-state index contributed by atoms with van der Waals surface area (Å²) in [6.07, 6.45) is 2.93. The van der Waals surface area contributed by atoms with Gasteiger partial charge in [-0.3, -0.25) is 0 Å². The summed E-state index contributed by atoms with van der Waals surface area (Å²) in [5, 5.41) is 7.30. The van der Waals surface area contributed by atoms with E-state index in [4.69, 9.17) is 4.74 Å². The van der Waals surface area contributed by atoms with Gasteiger partial charge >= 0.3 is 0 Å². The monoisotopic (exact) mass is 306 g/mol. The highest BCUT2D eigenvalue weighted by molar-refractivity contribution is 5.40. The predicted molar refractivity (Wildman–Crippen MR) is 90.5 cm³/mol. The average Bonchev–Trinajstić information content (AvgIpc) is 2.34. The SMILES string of the molecule is CCOc1cc(NC2CC(C)(C)NC(C)(C)C2)nc(CC)n1. The van der Waals surface area contributed by atoms with Crippen LogP contribution in [0, 0.1) is 0 Å². The number of nitrogens with zero attached hydrogens (tertiary/aromatic N) is 2. The van der Waals surface area contributed by atoms with Crippen molar-refractivity contribution in [2.75, 3.05) is 11.9 Å². The lowest BCUT2D eigenvalue weighted by Crippen LogP contribution is -2.60. The van der Waals surface area contributed by atoms with E-state index < -0.39 is 0 Å². The average molecular weight is 306 g/mol. The molecule has 1 aromatic rings. The predicted octanol–water partition coefficient (Wildman–Crippen LogP) is 3.16. The Kier molecular flexibility index (Phi) is 4.95. The number of aryl methyl sites for hydroxylation is 1. The number of ether oxygens (including phenoxy) is 1. The third kappa shape index (κ3) is 4.57. The molecule has 0 spiro atoms. The van der Waals surface area contributed by atoms with Crippen LogP contribution in [0.3, 0.4) is 0 Å². The molecule has 22 heavy (non-hydrogen) atoms. The van der Waals surface area contributed by atoms with E-state index in [0.29, 0.717) is 18.5 Å². The highest BCUT2D eigenvalue weighted by atomic mass is 16.5. The van der Waals surface area contributed by atoms with Crippen molar-refractivity contribution in [2.45, 2.75) is 77.9 Å². The molecule has 1 fully saturated rings. The van der Waals surface area contributed by atoms with Crippen LogP contribution in [0.2, 0.25) is 0 Å². The fourth-order valence-corrected chi connectivity index (χ4v) is 3.56. The van der Waals surface area contributed by atoms with Crippen molar-refractivity contribution in [1.29, 1.82) is 0 Å². The lowest BCUT2D eigenvalue weighted by atomic mass is 9.79. The summed E-state index contributed by atoms with van der Waals surface area (Å²) < 4.78 is 5.56. The Hall–Kier alpha value is -1.36. The second-order valence-electron chi connectivity index (χ2n) is 7.44. The molecule has 2 N–H and O–H groups in total. The molecule has 1 aromatic heterocycles. The summed E-state index contributed by atoms with van der Waals surface area (Å²) in [7, 11) is 0. The highest BCUT2D eigenvalue weighted by Crippen LogP contribution is 2.30. The summed E-state index contributed by atoms with van der Waals surface area (Å²) in [6, 6.07) is 2.30. The molecule has 0 aromatic carbocycles. The topological polar surface area (TPSA) is 59.1 Å². The van der Waals surface area contributed by atoms with Crippen LogP contribution in [0.1, 0.15) is 60.2 Å². The third-order valence-corrected chi connectivity index (χ3v) is 3.90. The van der Waals surface area contributed by atoms with Gasteiger partial charge < -0.3 is 15.4 Å². The van der Waals surface area contributed by atoms with Gasteiger partial charge in [0, 0.05) is 29.6 Å². The van der Waals surface area contributed by atoms with Gasteiger partial charge in [0.05, 0.1) is 6.61 Å². The Balaban J connectivity index is 2.17. The molecular weight excluding hydrogens is 276 g/mol. The number of aromatic nitrogens is 2. The van der Waals surface area contributed by atoms with E-state index >= 15 is 0 Å². The summed E-state index contributed by atoms with van der Waals surface area (Å²) >= 11 is 0. The van der Waals surface area contributed by atoms with Gasteiger partial charge in [-0.25, -0.2) is 4.98 Å². The Bertz CT molecular complexity index is 497. The van der Waals surface area contributed by atoms with Crippen molar-refractivity contribution >= 4 is 5.82 Å². The minimum atomic E-state index is 0.114. The molecule has 0 saturated carbocycles. The zero-order chi connectivity index (χ0) is 16.4. The molecule has 0 unspecified atom stereocenters. The van der Waals surface area contributed by atoms with Crippen molar-refractivity contribution in [1.82, 2.24) is 15.3 Å². The van der Waals surface area contributed by atoms with Gasteiger partial charge in [-0.1, -0.05) is 6.92 Å². The number of piperidine rings is 1. The number of anilines is 1. The zero-order valence-electron chi connectivity index (χ0n) is 14.8. The van der Waals surface area contributed by atoms with Gasteiger partial charge in [0.25, 0.3) is 0 Å². The largest absolute Gasteiger partial charge is 0.478 e. The standard InChI is InChI=1S/C17H30N4O/c1-7-13-19-14(9-15(20-13)22-8-2)18-12-10-16(3,4)21-17(5,6)11-12/h9,12,21H,7-8,10-11H2,1-6H3,(H,18,19,20). The van der Waals surface area contributed by atoms with Crippen LogP contribution < -0.4 is 15.4 Å². The maximum atomic E-state index is 5.56. The van der Waals surface area contributed by atoms with Gasteiger partial charge in [-0.15, -0.1) is 0 Å². The van der Waals surface area contributed by atoms with E-state index in [-0.39, 0.29) is 11.1 Å². The molecule has 0 atom stereocenters. The number of hydrogen-bond acceptors (Lipinski definition) is 5. The van der Waals surface area contributed by atoms with Crippen molar-refractivity contribution in [3.8, 4) is 5.88 Å². The van der Waals surface area contributed by atoms with Gasteiger partial charge in [-0.2, -0.15) is 4.98 Å². The molecule has 5 heteroatoms. The number of rotatable bonds is 5. The van der Waals surface area contributed by atoms with Gasteiger partial charge in [0.1, 0.15) is 11.6 Å². The minimum absolute atomic E-state index is 0.114. The summed E-state index contributed by atoms with van der Waals surface area (Å²) in [5.41, 5.74) is 0.228. The van der Waals surface area contributed by atoms with Crippen LogP contribution >= 0.6 is 0 Å². The molecule has 1 aliphatic heterocycles. The quantitative estimate of drug-likeness (QED) is 0.875. The molecule has 5 nitrogen and oxygen atoms in total. The lowest BCUT2D eigenvalue weighted by molar-refractivity contribution is 0.170. The van der Waals surface area contributed by atoms with E-state index in [1.807, 2.05) is 13.0 Å². The van der Waals surface area contributed by atoms with E-state index in [0.717, 1.165) is 30.9 Å². The normalized spacial score (nSPS) is 20.6. The molecule has 0 amide bonds. The number of nitrogens with one attached hydrogen (secondary N) is 2. The van der Waals surface area contributed by atoms with Crippen LogP contribution in [0.25, 0.3) is 0 Å². The first-order valence-corrected chi connectivity index (χ1v) is 8.29. The van der Waals surface area contributed by atoms with Crippen LogP contribution in [0.5, 0.6) is 5.88 Å². The fraction of sp³-hybridized carbons (Fsp3) is 0.765. The summed E-state index contributed by atoms with van der Waals surface area (Å²) in [5.74, 6) is 2.35. The first kappa shape index (κ1) is 17.0. The van der Waals surface area contributed by atoms with Crippen molar-refractivity contribution < 1.29 is 4.74 Å². The lowest BCUT2D eigenvalue weighted by Gasteiger charge is -2.46. The van der Waals surface area contributed by atoms with Crippen molar-refractivity contribution in [2.24, 2.45) is 0 Å². The first-order valence-electron chi connectivity index (χ1n) is 8.29. The van der Waals surface area contributed by atoms with Crippen LogP contribution in [0.15, 0.2) is 6.07 Å². The fourth-order valence-electron chi connectivity index (χ4n) is 3.56. The van der Waals surface area contributed by atoms with E-state index in [1.54, 1.807) is 0 Å². The second kappa shape index (κ2) is 6.41. The maximum Gasteiger partial charge on any atom is 0.218 e. The molecule has 0 radical (unpaired) electrons. The van der Waals surface area contributed by atoms with E-state index in [2.05, 4.69) is 55.2 Å². The van der Waals surface area contributed by atoms with Crippen LogP contribution in [-0.2, 0) is 6.42 Å². The maximum absolute atomic E-state index is 5.56. The minimum Gasteiger partial charge on any atom is -0.478 e.